The summed E-state index contributed by atoms with van der Waals surface area (Å²) in [6, 6.07) is 1.85. The van der Waals surface area contributed by atoms with Crippen LogP contribution in [0.5, 0.6) is 0 Å². The van der Waals surface area contributed by atoms with Gasteiger partial charge >= 0.3 is 0 Å². The summed E-state index contributed by atoms with van der Waals surface area (Å²) in [6.07, 6.45) is 5.09. The number of nitrogens with two attached hydrogens (primary N) is 1. The lowest BCUT2D eigenvalue weighted by atomic mass is 10.2. The molecule has 4 nitrogen and oxygen atoms in total. The van der Waals surface area contributed by atoms with Crippen molar-refractivity contribution in [3.63, 3.8) is 0 Å². The molecule has 0 unspecified atom stereocenters. The van der Waals surface area contributed by atoms with Gasteiger partial charge in [-0.3, -0.25) is 0 Å². The van der Waals surface area contributed by atoms with E-state index in [1.54, 1.807) is 18.7 Å². The van der Waals surface area contributed by atoms with E-state index in [4.69, 9.17) is 10.2 Å². The maximum Gasteiger partial charge on any atom is 0.162 e. The fourth-order valence-corrected chi connectivity index (χ4v) is 1.22. The van der Waals surface area contributed by atoms with Crippen LogP contribution in [-0.2, 0) is 6.54 Å². The predicted molar refractivity (Wildman–Crippen MR) is 52.4 cm³/mol. The van der Waals surface area contributed by atoms with E-state index in [0.29, 0.717) is 12.4 Å². The van der Waals surface area contributed by atoms with Gasteiger partial charge in [-0.25, -0.2) is 9.97 Å². The Morgan fingerprint density at radius 3 is 2.57 bits per heavy atom. The number of hydrogen-bond acceptors (Lipinski definition) is 4. The van der Waals surface area contributed by atoms with Crippen molar-refractivity contribution in [2.24, 2.45) is 5.73 Å². The Balaban J connectivity index is 2.39. The molecule has 2 heterocycles. The van der Waals surface area contributed by atoms with Crippen molar-refractivity contribution in [1.82, 2.24) is 9.97 Å². The highest BCUT2D eigenvalue weighted by atomic mass is 16.3. The Bertz CT molecular complexity index is 419. The predicted octanol–water partition coefficient (Wildman–Crippen LogP) is 1.50. The van der Waals surface area contributed by atoms with Gasteiger partial charge in [-0.15, -0.1) is 0 Å². The van der Waals surface area contributed by atoms with Crippen molar-refractivity contribution in [2.75, 3.05) is 0 Å². The van der Waals surface area contributed by atoms with Crippen LogP contribution in [0.4, 0.5) is 0 Å². The van der Waals surface area contributed by atoms with Crippen LogP contribution in [0.3, 0.4) is 0 Å². The first-order valence-electron chi connectivity index (χ1n) is 4.36. The van der Waals surface area contributed by atoms with Gasteiger partial charge in [0.15, 0.2) is 5.82 Å². The molecule has 72 valence electrons. The van der Waals surface area contributed by atoms with Crippen molar-refractivity contribution in [3.8, 4) is 11.4 Å². The molecule has 0 aliphatic rings. The quantitative estimate of drug-likeness (QED) is 0.777. The smallest absolute Gasteiger partial charge is 0.162 e. The van der Waals surface area contributed by atoms with Gasteiger partial charge in [0.05, 0.1) is 11.8 Å². The molecule has 0 spiro atoms. The lowest BCUT2D eigenvalue weighted by Crippen LogP contribution is -1.98. The van der Waals surface area contributed by atoms with Gasteiger partial charge in [-0.2, -0.15) is 0 Å². The van der Waals surface area contributed by atoms with Gasteiger partial charge in [-0.1, -0.05) is 0 Å². The van der Waals surface area contributed by atoms with E-state index < -0.39 is 0 Å². The summed E-state index contributed by atoms with van der Waals surface area (Å²) in [5, 5.41) is 0. The lowest BCUT2D eigenvalue weighted by molar-refractivity contribution is 0.535. The molecule has 14 heavy (non-hydrogen) atoms. The second-order valence-corrected chi connectivity index (χ2v) is 3.01. The molecule has 0 aliphatic heterocycles. The molecule has 4 heteroatoms. The minimum Gasteiger partial charge on any atom is -0.469 e. The Labute approximate surface area is 81.8 Å². The maximum atomic E-state index is 5.45. The molecule has 2 N–H and O–H groups in total. The van der Waals surface area contributed by atoms with Gasteiger partial charge in [0, 0.05) is 24.5 Å². The second-order valence-electron chi connectivity index (χ2n) is 3.01. The zero-order chi connectivity index (χ0) is 9.97. The summed E-state index contributed by atoms with van der Waals surface area (Å²) in [4.78, 5) is 8.40. The van der Waals surface area contributed by atoms with E-state index in [9.17, 15) is 0 Å². The molecular weight excluding hydrogens is 178 g/mol. The largest absolute Gasteiger partial charge is 0.469 e. The molecule has 0 bridgehead atoms. The van der Waals surface area contributed by atoms with Crippen LogP contribution in [0.1, 0.15) is 11.3 Å². The summed E-state index contributed by atoms with van der Waals surface area (Å²) in [5.74, 6) is 1.50. The van der Waals surface area contributed by atoms with Crippen LogP contribution in [0.15, 0.2) is 29.1 Å². The number of aromatic nitrogens is 2. The van der Waals surface area contributed by atoms with Crippen LogP contribution in [0.2, 0.25) is 0 Å². The fraction of sp³-hybridized carbons (Fsp3) is 0.200. The standard InChI is InChI=1S/C10H11N3O/c1-7-9(2-3-14-7)10-12-5-8(4-11)6-13-10/h2-3,5-6H,4,11H2,1H3. The van der Waals surface area contributed by atoms with E-state index in [2.05, 4.69) is 9.97 Å². The normalized spacial score (nSPS) is 10.4. The SMILES string of the molecule is Cc1occc1-c1ncc(CN)cn1. The molecule has 0 aromatic carbocycles. The Morgan fingerprint density at radius 1 is 1.36 bits per heavy atom. The van der Waals surface area contributed by atoms with Crippen molar-refractivity contribution < 1.29 is 4.42 Å². The highest BCUT2D eigenvalue weighted by molar-refractivity contribution is 5.56. The van der Waals surface area contributed by atoms with Crippen LogP contribution < -0.4 is 5.73 Å². The molecule has 0 saturated carbocycles. The molecule has 0 aliphatic carbocycles. The zero-order valence-corrected chi connectivity index (χ0v) is 7.90. The minimum atomic E-state index is 0.463. The van der Waals surface area contributed by atoms with Crippen molar-refractivity contribution in [3.05, 3.63) is 36.0 Å². The van der Waals surface area contributed by atoms with Crippen LogP contribution in [0, 0.1) is 6.92 Å². The highest BCUT2D eigenvalue weighted by Crippen LogP contribution is 2.19. The lowest BCUT2D eigenvalue weighted by Gasteiger charge is -1.98. The summed E-state index contributed by atoms with van der Waals surface area (Å²) < 4.78 is 5.17. The van der Waals surface area contributed by atoms with Crippen LogP contribution >= 0.6 is 0 Å². The van der Waals surface area contributed by atoms with Crippen molar-refractivity contribution in [2.45, 2.75) is 13.5 Å². The summed E-state index contributed by atoms with van der Waals surface area (Å²) in [6.45, 7) is 2.35. The van der Waals surface area contributed by atoms with Gasteiger partial charge in [0.1, 0.15) is 5.76 Å². The maximum absolute atomic E-state index is 5.45. The summed E-state index contributed by atoms with van der Waals surface area (Å²) >= 11 is 0. The van der Waals surface area contributed by atoms with Gasteiger partial charge in [0.2, 0.25) is 0 Å². The van der Waals surface area contributed by atoms with Gasteiger partial charge < -0.3 is 10.2 Å². The first kappa shape index (κ1) is 8.90. The monoisotopic (exact) mass is 189 g/mol. The number of aryl methyl sites for hydroxylation is 1. The zero-order valence-electron chi connectivity index (χ0n) is 7.90. The third kappa shape index (κ3) is 1.52. The number of furan rings is 1. The minimum absolute atomic E-state index is 0.463. The van der Waals surface area contributed by atoms with E-state index in [0.717, 1.165) is 16.9 Å². The van der Waals surface area contributed by atoms with E-state index >= 15 is 0 Å². The third-order valence-electron chi connectivity index (χ3n) is 2.04. The number of nitrogens with zero attached hydrogens (tertiary/aromatic N) is 2. The molecule has 0 amide bonds. The third-order valence-corrected chi connectivity index (χ3v) is 2.04. The van der Waals surface area contributed by atoms with Gasteiger partial charge in [-0.05, 0) is 13.0 Å². The molecule has 2 aromatic rings. The molecule has 0 atom stereocenters. The first-order chi connectivity index (χ1) is 6.81. The topological polar surface area (TPSA) is 64.9 Å². The summed E-state index contributed by atoms with van der Waals surface area (Å²) in [5.41, 5.74) is 7.30. The highest BCUT2D eigenvalue weighted by Gasteiger charge is 2.06. The molecule has 0 radical (unpaired) electrons. The van der Waals surface area contributed by atoms with E-state index in [1.165, 1.54) is 0 Å². The van der Waals surface area contributed by atoms with Crippen molar-refractivity contribution >= 4 is 0 Å². The first-order valence-corrected chi connectivity index (χ1v) is 4.36. The van der Waals surface area contributed by atoms with Crippen LogP contribution in [0.25, 0.3) is 11.4 Å². The molecule has 2 rings (SSSR count). The van der Waals surface area contributed by atoms with Crippen molar-refractivity contribution in [1.29, 1.82) is 0 Å². The Morgan fingerprint density at radius 2 is 2.07 bits per heavy atom. The average molecular weight is 189 g/mol. The Kier molecular flexibility index (Phi) is 2.28. The number of rotatable bonds is 2. The fourth-order valence-electron chi connectivity index (χ4n) is 1.22. The van der Waals surface area contributed by atoms with Gasteiger partial charge in [0.25, 0.3) is 0 Å². The van der Waals surface area contributed by atoms with E-state index in [1.807, 2.05) is 13.0 Å². The molecule has 0 fully saturated rings. The average Bonchev–Trinajstić information content (AvgIpc) is 2.65. The van der Waals surface area contributed by atoms with Crippen LogP contribution in [-0.4, -0.2) is 9.97 Å². The Hall–Kier alpha value is -1.68. The molecular formula is C10H11N3O. The molecule has 0 saturated heterocycles. The number of hydrogen-bond donors (Lipinski definition) is 1. The molecule has 2 aromatic heterocycles. The second kappa shape index (κ2) is 3.59. The van der Waals surface area contributed by atoms with E-state index in [-0.39, 0.29) is 0 Å². The summed E-state index contributed by atoms with van der Waals surface area (Å²) in [7, 11) is 0.